The number of halogens is 1. The van der Waals surface area contributed by atoms with Crippen molar-refractivity contribution in [3.8, 4) is 17.2 Å². The summed E-state index contributed by atoms with van der Waals surface area (Å²) in [5, 5.41) is 2.86. The van der Waals surface area contributed by atoms with Gasteiger partial charge < -0.3 is 19.5 Å². The molecule has 162 valence electrons. The number of hydrogen-bond donors (Lipinski definition) is 1. The fourth-order valence-electron chi connectivity index (χ4n) is 4.56. The van der Waals surface area contributed by atoms with Crippen LogP contribution in [0.2, 0.25) is 0 Å². The zero-order chi connectivity index (χ0) is 22.1. The summed E-state index contributed by atoms with van der Waals surface area (Å²) in [6.45, 7) is 0. The molecular weight excluding hydrogens is 401 g/mol. The third-order valence-electron chi connectivity index (χ3n) is 5.98. The van der Waals surface area contributed by atoms with Crippen molar-refractivity contribution in [3.63, 3.8) is 0 Å². The molecule has 2 unspecified atom stereocenters. The minimum Gasteiger partial charge on any atom is -0.493 e. The lowest BCUT2D eigenvalue weighted by molar-refractivity contribution is -0.122. The van der Waals surface area contributed by atoms with Crippen LogP contribution in [0.1, 0.15) is 42.2 Å². The van der Waals surface area contributed by atoms with Crippen LogP contribution >= 0.6 is 0 Å². The number of nitrogens with one attached hydrogen (secondary N) is 1. The highest BCUT2D eigenvalue weighted by molar-refractivity contribution is 6.02. The number of allylic oxidation sites excluding steroid dienone is 2. The third kappa shape index (κ3) is 3.76. The number of ether oxygens (including phenoxy) is 3. The number of rotatable bonds is 5. The largest absolute Gasteiger partial charge is 0.493 e. The summed E-state index contributed by atoms with van der Waals surface area (Å²) in [7, 11) is 4.60. The van der Waals surface area contributed by atoms with Gasteiger partial charge in [0.1, 0.15) is 5.82 Å². The molecule has 2 aromatic carbocycles. The van der Waals surface area contributed by atoms with Gasteiger partial charge in [0.2, 0.25) is 11.7 Å². The quantitative estimate of drug-likeness (QED) is 0.788. The van der Waals surface area contributed by atoms with E-state index < -0.39 is 11.7 Å². The van der Waals surface area contributed by atoms with Gasteiger partial charge in [-0.3, -0.25) is 9.59 Å². The van der Waals surface area contributed by atoms with Crippen LogP contribution in [0.15, 0.2) is 47.7 Å². The van der Waals surface area contributed by atoms with Crippen LogP contribution in [-0.4, -0.2) is 33.0 Å². The first-order valence-corrected chi connectivity index (χ1v) is 10.1. The lowest BCUT2D eigenvalue weighted by Crippen LogP contribution is -2.38. The lowest BCUT2D eigenvalue weighted by Gasteiger charge is -2.34. The molecule has 0 radical (unpaired) electrons. The first-order chi connectivity index (χ1) is 15.0. The fourth-order valence-corrected chi connectivity index (χ4v) is 4.56. The summed E-state index contributed by atoms with van der Waals surface area (Å²) in [6.07, 6.45) is 0.759. The molecule has 0 bridgehead atoms. The number of carbonyl (C=O) groups is 2. The van der Waals surface area contributed by atoms with Crippen LogP contribution in [0, 0.1) is 5.82 Å². The number of carbonyl (C=O) groups excluding carboxylic acids is 2. The Labute approximate surface area is 180 Å². The molecule has 0 aromatic heterocycles. The Hall–Kier alpha value is -3.35. The number of ketones is 1. The molecule has 1 amide bonds. The summed E-state index contributed by atoms with van der Waals surface area (Å²) in [6, 6.07) is 9.96. The highest BCUT2D eigenvalue weighted by atomic mass is 19.1. The average Bonchev–Trinajstić information content (AvgIpc) is 2.77. The normalized spacial score (nSPS) is 20.8. The van der Waals surface area contributed by atoms with Gasteiger partial charge in [-0.15, -0.1) is 0 Å². The van der Waals surface area contributed by atoms with Crippen molar-refractivity contribution in [2.75, 3.05) is 21.3 Å². The Bertz CT molecular complexity index is 1050. The molecule has 1 N–H and O–H groups in total. The predicted molar refractivity (Wildman–Crippen MR) is 112 cm³/mol. The molecule has 7 heteroatoms. The van der Waals surface area contributed by atoms with Crippen molar-refractivity contribution in [2.24, 2.45) is 0 Å². The van der Waals surface area contributed by atoms with Gasteiger partial charge in [-0.25, -0.2) is 4.39 Å². The molecule has 31 heavy (non-hydrogen) atoms. The van der Waals surface area contributed by atoms with Gasteiger partial charge in [0, 0.05) is 30.0 Å². The second kappa shape index (κ2) is 8.41. The van der Waals surface area contributed by atoms with Gasteiger partial charge in [-0.1, -0.05) is 18.2 Å². The molecular formula is C24H24FNO5. The second-order valence-corrected chi connectivity index (χ2v) is 7.71. The van der Waals surface area contributed by atoms with Crippen molar-refractivity contribution < 1.29 is 28.2 Å². The zero-order valence-electron chi connectivity index (χ0n) is 17.7. The highest BCUT2D eigenvalue weighted by Gasteiger charge is 2.39. The van der Waals surface area contributed by atoms with Gasteiger partial charge in [0.05, 0.1) is 21.3 Å². The van der Waals surface area contributed by atoms with E-state index in [0.717, 1.165) is 5.56 Å². The van der Waals surface area contributed by atoms with E-state index in [1.165, 1.54) is 27.4 Å². The van der Waals surface area contributed by atoms with Crippen molar-refractivity contribution in [1.82, 2.24) is 5.32 Å². The topological polar surface area (TPSA) is 73.9 Å². The highest BCUT2D eigenvalue weighted by Crippen LogP contribution is 2.46. The van der Waals surface area contributed by atoms with E-state index in [0.29, 0.717) is 40.5 Å². The van der Waals surface area contributed by atoms with Crippen LogP contribution in [0.3, 0.4) is 0 Å². The summed E-state index contributed by atoms with van der Waals surface area (Å²) >= 11 is 0. The van der Waals surface area contributed by atoms with Gasteiger partial charge in [-0.05, 0) is 41.7 Å². The molecule has 4 rings (SSSR count). The maximum absolute atomic E-state index is 14.5. The average molecular weight is 425 g/mol. The van der Waals surface area contributed by atoms with Crippen molar-refractivity contribution in [3.05, 3.63) is 64.6 Å². The number of benzene rings is 2. The zero-order valence-corrected chi connectivity index (χ0v) is 17.7. The van der Waals surface area contributed by atoms with E-state index in [9.17, 15) is 14.0 Å². The monoisotopic (exact) mass is 425 g/mol. The Balaban J connectivity index is 1.74. The van der Waals surface area contributed by atoms with Crippen molar-refractivity contribution >= 4 is 11.7 Å². The van der Waals surface area contributed by atoms with E-state index in [1.807, 2.05) is 12.1 Å². The Morgan fingerprint density at radius 1 is 0.935 bits per heavy atom. The Kier molecular flexibility index (Phi) is 5.67. The van der Waals surface area contributed by atoms with Crippen LogP contribution in [0.4, 0.5) is 4.39 Å². The third-order valence-corrected chi connectivity index (χ3v) is 5.98. The first-order valence-electron chi connectivity index (χ1n) is 10.1. The minimum atomic E-state index is -0.571. The molecule has 2 aliphatic rings. The molecule has 1 heterocycles. The van der Waals surface area contributed by atoms with Crippen LogP contribution in [-0.2, 0) is 9.59 Å². The van der Waals surface area contributed by atoms with E-state index >= 15 is 0 Å². The first kappa shape index (κ1) is 20.9. The van der Waals surface area contributed by atoms with Crippen LogP contribution in [0.25, 0.3) is 0 Å². The predicted octanol–water partition coefficient (Wildman–Crippen LogP) is 3.86. The number of methoxy groups -OCH3 is 3. The van der Waals surface area contributed by atoms with E-state index in [4.69, 9.17) is 14.2 Å². The molecule has 2 atom stereocenters. The fraction of sp³-hybridized carbons (Fsp3) is 0.333. The molecule has 6 nitrogen and oxygen atoms in total. The molecule has 0 saturated carbocycles. The summed E-state index contributed by atoms with van der Waals surface area (Å²) in [5.41, 5.74) is 2.30. The van der Waals surface area contributed by atoms with Crippen LogP contribution in [0.5, 0.6) is 17.2 Å². The van der Waals surface area contributed by atoms with Gasteiger partial charge in [0.15, 0.2) is 17.3 Å². The van der Waals surface area contributed by atoms with Gasteiger partial charge >= 0.3 is 0 Å². The Morgan fingerprint density at radius 2 is 1.61 bits per heavy atom. The maximum Gasteiger partial charge on any atom is 0.225 e. The smallest absolute Gasteiger partial charge is 0.225 e. The van der Waals surface area contributed by atoms with Gasteiger partial charge in [-0.2, -0.15) is 0 Å². The van der Waals surface area contributed by atoms with Gasteiger partial charge in [0.25, 0.3) is 0 Å². The van der Waals surface area contributed by atoms with Crippen LogP contribution < -0.4 is 19.5 Å². The molecule has 0 fully saturated rings. The standard InChI is InChI=1S/C24H24FNO5/c1-29-20-10-14(11-21(30-2)24(20)31-3)13-8-18-23(19(27)9-13)16(12-22(28)26-18)15-6-4-5-7-17(15)25/h4-7,10-11,13,16H,8-9,12H2,1-3H3,(H,26,28). The number of Topliss-reactive ketones (excluding diaryl/α,β-unsaturated/α-hetero) is 1. The molecule has 0 spiro atoms. The SMILES string of the molecule is COc1cc(C2CC(=O)C3=C(C2)NC(=O)CC3c2ccccc2F)cc(OC)c1OC. The minimum absolute atomic E-state index is 0.0559. The summed E-state index contributed by atoms with van der Waals surface area (Å²) in [5.74, 6) is 0.00789. The van der Waals surface area contributed by atoms with Crippen molar-refractivity contribution in [2.45, 2.75) is 31.1 Å². The summed E-state index contributed by atoms with van der Waals surface area (Å²) in [4.78, 5) is 25.6. The second-order valence-electron chi connectivity index (χ2n) is 7.71. The Morgan fingerprint density at radius 3 is 2.23 bits per heavy atom. The van der Waals surface area contributed by atoms with Crippen molar-refractivity contribution in [1.29, 1.82) is 0 Å². The summed E-state index contributed by atoms with van der Waals surface area (Å²) < 4.78 is 30.7. The van der Waals surface area contributed by atoms with E-state index in [1.54, 1.807) is 18.2 Å². The van der Waals surface area contributed by atoms with E-state index in [-0.39, 0.29) is 30.4 Å². The molecule has 0 saturated heterocycles. The molecule has 1 aliphatic carbocycles. The lowest BCUT2D eigenvalue weighted by atomic mass is 9.73. The van der Waals surface area contributed by atoms with E-state index in [2.05, 4.69) is 5.32 Å². The number of hydrogen-bond acceptors (Lipinski definition) is 5. The molecule has 2 aromatic rings. The number of amides is 1. The maximum atomic E-state index is 14.5. The molecule has 1 aliphatic heterocycles.